The van der Waals surface area contributed by atoms with Gasteiger partial charge in [-0.1, -0.05) is 17.7 Å². The summed E-state index contributed by atoms with van der Waals surface area (Å²) in [7, 11) is 0. The molecule has 4 nitrogen and oxygen atoms in total. The Balaban J connectivity index is 2.39. The van der Waals surface area contributed by atoms with Gasteiger partial charge in [0.2, 0.25) is 0 Å². The van der Waals surface area contributed by atoms with Crippen molar-refractivity contribution in [3.63, 3.8) is 0 Å². The van der Waals surface area contributed by atoms with Crippen LogP contribution >= 0.6 is 11.6 Å². The summed E-state index contributed by atoms with van der Waals surface area (Å²) in [5, 5.41) is 8.18. The molecule has 0 bridgehead atoms. The molecule has 1 aromatic carbocycles. The number of H-pyrrole nitrogens is 1. The van der Waals surface area contributed by atoms with Crippen LogP contribution < -0.4 is 0 Å². The first-order valence-electron chi connectivity index (χ1n) is 4.42. The van der Waals surface area contributed by atoms with Crippen LogP contribution in [0.2, 0.25) is 5.02 Å². The maximum Gasteiger partial charge on any atom is 0.302 e. The molecule has 15 heavy (non-hydrogen) atoms. The number of aromatic amines is 1. The Labute approximate surface area is 91.2 Å². The summed E-state index contributed by atoms with van der Waals surface area (Å²) in [5.74, 6) is -0.304. The first-order valence-corrected chi connectivity index (χ1v) is 4.80. The molecule has 0 saturated heterocycles. The molecule has 1 heterocycles. The molecule has 0 saturated carbocycles. The summed E-state index contributed by atoms with van der Waals surface area (Å²) >= 11 is 5.95. The molecule has 78 valence electrons. The molecule has 1 N–H and O–H groups in total. The van der Waals surface area contributed by atoms with Crippen LogP contribution in [0, 0.1) is 0 Å². The highest BCUT2D eigenvalue weighted by atomic mass is 35.5. The molecule has 0 aliphatic heterocycles. The summed E-state index contributed by atoms with van der Waals surface area (Å²) in [6, 6.07) is 3.57. The number of nitrogens with zero attached hydrogens (tertiary/aromatic N) is 1. The first-order chi connectivity index (χ1) is 7.18. The number of nitrogens with one attached hydrogen (secondary N) is 1. The third-order valence-electron chi connectivity index (χ3n) is 2.09. The fraction of sp³-hybridized carbons (Fsp3) is 0.200. The van der Waals surface area contributed by atoms with Gasteiger partial charge in [0.25, 0.3) is 0 Å². The van der Waals surface area contributed by atoms with Crippen LogP contribution in [0.4, 0.5) is 0 Å². The zero-order chi connectivity index (χ0) is 10.8. The fourth-order valence-corrected chi connectivity index (χ4v) is 1.57. The van der Waals surface area contributed by atoms with Crippen molar-refractivity contribution in [2.75, 3.05) is 0 Å². The molecule has 0 aliphatic carbocycles. The second kappa shape index (κ2) is 3.90. The monoisotopic (exact) mass is 224 g/mol. The van der Waals surface area contributed by atoms with Gasteiger partial charge < -0.3 is 4.74 Å². The average molecular weight is 225 g/mol. The van der Waals surface area contributed by atoms with Gasteiger partial charge in [-0.2, -0.15) is 5.10 Å². The summed E-state index contributed by atoms with van der Waals surface area (Å²) in [6.45, 7) is 1.62. The molecular weight excluding hydrogens is 216 g/mol. The molecule has 0 aliphatic rings. The fourth-order valence-electron chi connectivity index (χ4n) is 1.36. The van der Waals surface area contributed by atoms with E-state index in [9.17, 15) is 4.79 Å². The van der Waals surface area contributed by atoms with Gasteiger partial charge in [0.05, 0.1) is 16.7 Å². The van der Waals surface area contributed by atoms with Gasteiger partial charge in [-0.15, -0.1) is 0 Å². The van der Waals surface area contributed by atoms with Crippen LogP contribution in [-0.2, 0) is 16.1 Å². The van der Waals surface area contributed by atoms with Gasteiger partial charge in [0.15, 0.2) is 0 Å². The van der Waals surface area contributed by atoms with E-state index in [0.29, 0.717) is 5.02 Å². The molecule has 0 atom stereocenters. The van der Waals surface area contributed by atoms with Crippen LogP contribution in [0.3, 0.4) is 0 Å². The van der Waals surface area contributed by atoms with Crippen LogP contribution in [0.15, 0.2) is 18.3 Å². The lowest BCUT2D eigenvalue weighted by Gasteiger charge is -2.03. The van der Waals surface area contributed by atoms with E-state index >= 15 is 0 Å². The number of rotatable bonds is 2. The highest BCUT2D eigenvalue weighted by molar-refractivity contribution is 6.35. The molecular formula is C10H9ClN2O2. The SMILES string of the molecule is CC(=O)OCc1ccc(Cl)c2[nH]ncc12. The number of hydrogen-bond acceptors (Lipinski definition) is 3. The van der Waals surface area contributed by atoms with Crippen molar-refractivity contribution in [3.8, 4) is 0 Å². The van der Waals surface area contributed by atoms with Crippen molar-refractivity contribution < 1.29 is 9.53 Å². The number of ether oxygens (including phenoxy) is 1. The number of hydrogen-bond donors (Lipinski definition) is 1. The van der Waals surface area contributed by atoms with E-state index in [1.807, 2.05) is 6.07 Å². The van der Waals surface area contributed by atoms with E-state index in [2.05, 4.69) is 10.2 Å². The maximum atomic E-state index is 10.7. The first kappa shape index (κ1) is 9.98. The lowest BCUT2D eigenvalue weighted by Crippen LogP contribution is -1.98. The Kier molecular flexibility index (Phi) is 2.60. The quantitative estimate of drug-likeness (QED) is 0.797. The topological polar surface area (TPSA) is 55.0 Å². The number of halogens is 1. The van der Waals surface area contributed by atoms with Gasteiger partial charge in [-0.3, -0.25) is 9.89 Å². The third-order valence-corrected chi connectivity index (χ3v) is 2.40. The predicted molar refractivity (Wildman–Crippen MR) is 56.6 cm³/mol. The van der Waals surface area contributed by atoms with E-state index in [4.69, 9.17) is 16.3 Å². The van der Waals surface area contributed by atoms with Crippen LogP contribution in [0.1, 0.15) is 12.5 Å². The molecule has 0 fully saturated rings. The summed E-state index contributed by atoms with van der Waals surface area (Å²) in [4.78, 5) is 10.7. The number of carbonyl (C=O) groups excluding carboxylic acids is 1. The summed E-state index contributed by atoms with van der Waals surface area (Å²) in [6.07, 6.45) is 1.67. The Bertz CT molecular complexity index is 507. The highest BCUT2D eigenvalue weighted by Gasteiger charge is 2.07. The van der Waals surface area contributed by atoms with Crippen molar-refractivity contribution in [2.45, 2.75) is 13.5 Å². The molecule has 0 radical (unpaired) electrons. The van der Waals surface area contributed by atoms with Crippen molar-refractivity contribution >= 4 is 28.5 Å². The Morgan fingerprint density at radius 1 is 1.60 bits per heavy atom. The molecule has 2 rings (SSSR count). The molecule has 2 aromatic rings. The smallest absolute Gasteiger partial charge is 0.302 e. The van der Waals surface area contributed by atoms with Gasteiger partial charge >= 0.3 is 5.97 Å². The standard InChI is InChI=1S/C10H9ClN2O2/c1-6(14)15-5-7-2-3-9(11)10-8(7)4-12-13-10/h2-4H,5H2,1H3,(H,12,13). The van der Waals surface area contributed by atoms with E-state index < -0.39 is 0 Å². The van der Waals surface area contributed by atoms with E-state index in [0.717, 1.165) is 16.5 Å². The van der Waals surface area contributed by atoms with Gasteiger partial charge in [-0.05, 0) is 6.07 Å². The molecule has 0 unspecified atom stereocenters. The summed E-state index contributed by atoms with van der Waals surface area (Å²) in [5.41, 5.74) is 1.65. The van der Waals surface area contributed by atoms with E-state index in [-0.39, 0.29) is 12.6 Å². The Hall–Kier alpha value is -1.55. The summed E-state index contributed by atoms with van der Waals surface area (Å²) < 4.78 is 4.92. The average Bonchev–Trinajstić information content (AvgIpc) is 2.66. The molecule has 0 spiro atoms. The number of carbonyl (C=O) groups is 1. The zero-order valence-electron chi connectivity index (χ0n) is 8.08. The number of aromatic nitrogens is 2. The number of fused-ring (bicyclic) bond motifs is 1. The van der Waals surface area contributed by atoms with Crippen LogP contribution in [-0.4, -0.2) is 16.2 Å². The van der Waals surface area contributed by atoms with Gasteiger partial charge in [-0.25, -0.2) is 0 Å². The van der Waals surface area contributed by atoms with E-state index in [1.165, 1.54) is 6.92 Å². The minimum absolute atomic E-state index is 0.239. The lowest BCUT2D eigenvalue weighted by atomic mass is 10.1. The number of benzene rings is 1. The minimum atomic E-state index is -0.304. The second-order valence-electron chi connectivity index (χ2n) is 3.15. The minimum Gasteiger partial charge on any atom is -0.461 e. The van der Waals surface area contributed by atoms with Crippen molar-refractivity contribution in [1.29, 1.82) is 0 Å². The van der Waals surface area contributed by atoms with Gasteiger partial charge in [0.1, 0.15) is 6.61 Å². The Morgan fingerprint density at radius 3 is 3.13 bits per heavy atom. The van der Waals surface area contributed by atoms with Crippen LogP contribution in [0.25, 0.3) is 10.9 Å². The second-order valence-corrected chi connectivity index (χ2v) is 3.55. The van der Waals surface area contributed by atoms with Crippen molar-refractivity contribution in [1.82, 2.24) is 10.2 Å². The maximum absolute atomic E-state index is 10.7. The van der Waals surface area contributed by atoms with Crippen LogP contribution in [0.5, 0.6) is 0 Å². The third kappa shape index (κ3) is 1.94. The highest BCUT2D eigenvalue weighted by Crippen LogP contribution is 2.24. The Morgan fingerprint density at radius 2 is 2.40 bits per heavy atom. The van der Waals surface area contributed by atoms with Gasteiger partial charge in [0, 0.05) is 17.9 Å². The van der Waals surface area contributed by atoms with E-state index in [1.54, 1.807) is 12.3 Å². The predicted octanol–water partition coefficient (Wildman–Crippen LogP) is 2.28. The lowest BCUT2D eigenvalue weighted by molar-refractivity contribution is -0.142. The molecule has 0 amide bonds. The molecule has 1 aromatic heterocycles. The largest absolute Gasteiger partial charge is 0.461 e. The van der Waals surface area contributed by atoms with Crippen molar-refractivity contribution in [3.05, 3.63) is 28.9 Å². The zero-order valence-corrected chi connectivity index (χ0v) is 8.84. The molecule has 5 heteroatoms. The number of esters is 1. The van der Waals surface area contributed by atoms with Crippen molar-refractivity contribution in [2.24, 2.45) is 0 Å². The normalized spacial score (nSPS) is 10.5.